The summed E-state index contributed by atoms with van der Waals surface area (Å²) in [6.45, 7) is -1.05. The molecule has 0 amide bonds. The van der Waals surface area contributed by atoms with Gasteiger partial charge in [0.2, 0.25) is 0 Å². The molecule has 0 spiro atoms. The van der Waals surface area contributed by atoms with Crippen molar-refractivity contribution in [2.75, 3.05) is 12.4 Å². The molecule has 3 aromatic carbocycles. The number of azo groups is 1. The molecule has 0 aliphatic heterocycles. The van der Waals surface area contributed by atoms with Gasteiger partial charge in [-0.25, -0.2) is 12.6 Å². The van der Waals surface area contributed by atoms with Crippen LogP contribution in [0, 0.1) is 0 Å². The molecule has 0 saturated carbocycles. The van der Waals surface area contributed by atoms with Crippen molar-refractivity contribution in [3.05, 3.63) is 42.5 Å². The smallest absolute Gasteiger partial charge is 0.397 e. The Labute approximate surface area is 232 Å². The summed E-state index contributed by atoms with van der Waals surface area (Å²) < 4.78 is 158. The van der Waals surface area contributed by atoms with Gasteiger partial charge in [0.25, 0.3) is 30.4 Å². The standard InChI is InChI=1S/C18H16N2O16S5/c21-18-16(40(30,31)32)8-10-7-12(38(24,25)26)1-3-13(10)17(18)20-19-14-9-11(2-4-15(14)39(27,28)29)37(22,23)6-5-36-41(33,34)35/h1-4,7-9,21H,5-6H2,(H,24,25,26)(H,27,28,29)(H,30,31,32)(H,33,34,35)/b20-19+. The maximum atomic E-state index is 12.6. The van der Waals surface area contributed by atoms with Crippen LogP contribution in [-0.2, 0) is 54.8 Å². The van der Waals surface area contributed by atoms with Crippen LogP contribution >= 0.6 is 0 Å². The molecule has 18 nitrogen and oxygen atoms in total. The van der Waals surface area contributed by atoms with Crippen molar-refractivity contribution >= 4 is 72.7 Å². The van der Waals surface area contributed by atoms with Gasteiger partial charge >= 0.3 is 10.4 Å². The van der Waals surface area contributed by atoms with Crippen molar-refractivity contribution in [1.82, 2.24) is 0 Å². The molecule has 0 atom stereocenters. The number of benzene rings is 3. The summed E-state index contributed by atoms with van der Waals surface area (Å²) in [6, 6.07) is 4.92. The quantitative estimate of drug-likeness (QED) is 0.149. The molecular formula is C18H16N2O16S5. The lowest BCUT2D eigenvalue weighted by Crippen LogP contribution is -2.15. The molecule has 0 aromatic heterocycles. The third-order valence-electron chi connectivity index (χ3n) is 5.01. The van der Waals surface area contributed by atoms with Gasteiger partial charge in [-0.05, 0) is 41.8 Å². The highest BCUT2D eigenvalue weighted by Gasteiger charge is 2.25. The first kappa shape index (κ1) is 32.4. The molecule has 41 heavy (non-hydrogen) atoms. The van der Waals surface area contributed by atoms with Crippen LogP contribution in [0.4, 0.5) is 11.4 Å². The van der Waals surface area contributed by atoms with Gasteiger partial charge in [-0.1, -0.05) is 6.07 Å². The van der Waals surface area contributed by atoms with Crippen LogP contribution in [0.25, 0.3) is 10.8 Å². The zero-order valence-electron chi connectivity index (χ0n) is 19.6. The third-order valence-corrected chi connectivity index (χ3v) is 9.77. The molecular weight excluding hydrogens is 661 g/mol. The van der Waals surface area contributed by atoms with E-state index in [9.17, 15) is 60.9 Å². The lowest BCUT2D eigenvalue weighted by Gasteiger charge is -2.10. The minimum absolute atomic E-state index is 0.259. The molecule has 5 N–H and O–H groups in total. The lowest BCUT2D eigenvalue weighted by molar-refractivity contribution is 0.284. The average molecular weight is 677 g/mol. The van der Waals surface area contributed by atoms with Crippen LogP contribution in [0.1, 0.15) is 0 Å². The van der Waals surface area contributed by atoms with E-state index < -0.39 is 99.7 Å². The number of fused-ring (bicyclic) bond motifs is 1. The minimum Gasteiger partial charge on any atom is -0.504 e. The Morgan fingerprint density at radius 3 is 1.78 bits per heavy atom. The number of hydrogen-bond acceptors (Lipinski definition) is 14. The van der Waals surface area contributed by atoms with E-state index in [0.29, 0.717) is 24.3 Å². The zero-order valence-corrected chi connectivity index (χ0v) is 23.7. The second kappa shape index (κ2) is 10.9. The Morgan fingerprint density at radius 1 is 0.659 bits per heavy atom. The predicted octanol–water partition coefficient (Wildman–Crippen LogP) is 1.29. The first-order chi connectivity index (χ1) is 18.5. The molecule has 0 heterocycles. The van der Waals surface area contributed by atoms with Gasteiger partial charge in [-0.3, -0.25) is 18.2 Å². The maximum absolute atomic E-state index is 12.6. The van der Waals surface area contributed by atoms with Crippen LogP contribution in [0.15, 0.2) is 72.3 Å². The van der Waals surface area contributed by atoms with Crippen LogP contribution in [-0.4, -0.2) is 77.8 Å². The Bertz CT molecular complexity index is 2140. The molecule has 0 fully saturated rings. The van der Waals surface area contributed by atoms with Gasteiger partial charge in [-0.15, -0.1) is 10.2 Å². The Hall–Kier alpha value is -3.13. The molecule has 3 aromatic rings. The molecule has 224 valence electrons. The average Bonchev–Trinajstić information content (AvgIpc) is 2.79. The van der Waals surface area contributed by atoms with Gasteiger partial charge in [0.1, 0.15) is 21.2 Å². The number of hydrogen-bond donors (Lipinski definition) is 5. The fourth-order valence-electron chi connectivity index (χ4n) is 3.25. The topological polar surface area (TPSA) is 306 Å². The Morgan fingerprint density at radius 2 is 1.24 bits per heavy atom. The number of nitrogens with zero attached hydrogens (tertiary/aromatic N) is 2. The van der Waals surface area contributed by atoms with Gasteiger partial charge in [0.05, 0.1) is 22.2 Å². The number of phenolic OH excluding ortho intramolecular Hbond substituents is 1. The van der Waals surface area contributed by atoms with E-state index in [-0.39, 0.29) is 10.8 Å². The van der Waals surface area contributed by atoms with E-state index in [4.69, 9.17) is 4.55 Å². The molecule has 0 radical (unpaired) electrons. The monoisotopic (exact) mass is 676 g/mol. The highest BCUT2D eigenvalue weighted by Crippen LogP contribution is 2.42. The number of sulfone groups is 1. The summed E-state index contributed by atoms with van der Waals surface area (Å²) in [4.78, 5) is -3.69. The fraction of sp³-hybridized carbons (Fsp3) is 0.111. The van der Waals surface area contributed by atoms with Crippen molar-refractivity contribution in [1.29, 1.82) is 0 Å². The second-order valence-electron chi connectivity index (χ2n) is 7.78. The van der Waals surface area contributed by atoms with E-state index in [1.54, 1.807) is 0 Å². The molecule has 23 heteroatoms. The summed E-state index contributed by atoms with van der Waals surface area (Å²) in [7, 11) is -24.6. The largest absolute Gasteiger partial charge is 0.504 e. The minimum atomic E-state index is -5.21. The van der Waals surface area contributed by atoms with Crippen LogP contribution in [0.5, 0.6) is 5.75 Å². The number of phenols is 1. The molecule has 0 saturated heterocycles. The molecule has 0 bridgehead atoms. The van der Waals surface area contributed by atoms with Crippen LogP contribution < -0.4 is 0 Å². The summed E-state index contributed by atoms with van der Waals surface area (Å²) in [5.74, 6) is -2.31. The predicted molar refractivity (Wildman–Crippen MR) is 135 cm³/mol. The summed E-state index contributed by atoms with van der Waals surface area (Å²) in [5.41, 5.74) is -1.71. The lowest BCUT2D eigenvalue weighted by atomic mass is 10.1. The van der Waals surface area contributed by atoms with Crippen LogP contribution in [0.2, 0.25) is 0 Å². The third kappa shape index (κ3) is 7.79. The van der Waals surface area contributed by atoms with E-state index in [1.165, 1.54) is 0 Å². The van der Waals surface area contributed by atoms with Crippen molar-refractivity contribution in [2.24, 2.45) is 10.2 Å². The van der Waals surface area contributed by atoms with Crippen molar-refractivity contribution < 1.29 is 69.6 Å². The summed E-state index contributed by atoms with van der Waals surface area (Å²) in [5, 5.41) is 16.9. The van der Waals surface area contributed by atoms with Crippen molar-refractivity contribution in [3.8, 4) is 5.75 Å². The Balaban J connectivity index is 2.26. The molecule has 3 rings (SSSR count). The van der Waals surface area contributed by atoms with Crippen molar-refractivity contribution in [3.63, 3.8) is 0 Å². The van der Waals surface area contributed by atoms with Gasteiger partial charge in [0.15, 0.2) is 15.6 Å². The van der Waals surface area contributed by atoms with E-state index in [0.717, 1.165) is 18.2 Å². The second-order valence-corrected chi connectivity index (χ2v) is 15.2. The first-order valence-electron chi connectivity index (χ1n) is 10.1. The maximum Gasteiger partial charge on any atom is 0.397 e. The summed E-state index contributed by atoms with van der Waals surface area (Å²) >= 11 is 0. The van der Waals surface area contributed by atoms with E-state index in [2.05, 4.69) is 14.4 Å². The Kier molecular flexibility index (Phi) is 8.64. The van der Waals surface area contributed by atoms with Gasteiger partial charge in [-0.2, -0.15) is 33.7 Å². The molecule has 0 unspecified atom stereocenters. The highest BCUT2D eigenvalue weighted by atomic mass is 32.3. The molecule has 0 aliphatic rings. The first-order valence-corrected chi connectivity index (χ1v) is 17.5. The van der Waals surface area contributed by atoms with Crippen LogP contribution in [0.3, 0.4) is 0 Å². The highest BCUT2D eigenvalue weighted by molar-refractivity contribution is 7.91. The van der Waals surface area contributed by atoms with E-state index in [1.807, 2.05) is 0 Å². The SMILES string of the molecule is O=S(=O)(O)OCCS(=O)(=O)c1ccc(S(=O)(=O)O)c(/N=N/c2c(O)c(S(=O)(=O)O)cc3cc(S(=O)(=O)O)ccc23)c1. The van der Waals surface area contributed by atoms with Gasteiger partial charge < -0.3 is 5.11 Å². The summed E-state index contributed by atoms with van der Waals surface area (Å²) in [6.07, 6.45) is 0. The normalized spacial score (nSPS) is 13.7. The van der Waals surface area contributed by atoms with Gasteiger partial charge in [0, 0.05) is 5.39 Å². The molecule has 0 aliphatic carbocycles. The number of rotatable bonds is 10. The number of aromatic hydroxyl groups is 1. The fourth-order valence-corrected chi connectivity index (χ4v) is 6.49. The van der Waals surface area contributed by atoms with E-state index >= 15 is 0 Å². The van der Waals surface area contributed by atoms with Crippen molar-refractivity contribution in [2.45, 2.75) is 19.6 Å². The zero-order chi connectivity index (χ0) is 31.2.